The van der Waals surface area contributed by atoms with Crippen LogP contribution in [0.2, 0.25) is 0 Å². The molecular formula is C21H16N4O3. The van der Waals surface area contributed by atoms with E-state index in [9.17, 15) is 14.4 Å². The largest absolute Gasteiger partial charge is 0.340 e. The zero-order valence-corrected chi connectivity index (χ0v) is 15.0. The summed E-state index contributed by atoms with van der Waals surface area (Å²) in [5.74, 6) is 0.00532. The van der Waals surface area contributed by atoms with Gasteiger partial charge in [0.1, 0.15) is 22.8 Å². The summed E-state index contributed by atoms with van der Waals surface area (Å²) in [6.45, 7) is 1.80. The standard InChI is InChI=1S/C21H16N4O3/c1-20-18-22-13-8-4-2-6-11(13)17(27)25(18)15(16(26)24-20)10-21(20)12-7-3-5-9-14(12)23-19(21)28/h2-9,15H,10H2,1H3,(H,23,28)(H,24,26)/t15-,20+,21-/m0/s1. The Morgan fingerprint density at radius 2 is 1.82 bits per heavy atom. The van der Waals surface area contributed by atoms with E-state index in [0.717, 1.165) is 11.3 Å². The molecule has 4 aliphatic heterocycles. The number of hydrogen-bond donors (Lipinski definition) is 2. The van der Waals surface area contributed by atoms with Crippen molar-refractivity contribution in [1.82, 2.24) is 14.9 Å². The number of benzene rings is 2. The van der Waals surface area contributed by atoms with Gasteiger partial charge in [0, 0.05) is 5.69 Å². The normalized spacial score (nSPS) is 29.5. The number of amides is 2. The lowest BCUT2D eigenvalue weighted by atomic mass is 9.58. The quantitative estimate of drug-likeness (QED) is 0.627. The molecule has 1 saturated heterocycles. The van der Waals surface area contributed by atoms with Gasteiger partial charge in [-0.25, -0.2) is 4.98 Å². The Morgan fingerprint density at radius 3 is 2.68 bits per heavy atom. The molecule has 5 heterocycles. The summed E-state index contributed by atoms with van der Waals surface area (Å²) in [4.78, 5) is 44.1. The van der Waals surface area contributed by atoms with Gasteiger partial charge in [-0.2, -0.15) is 0 Å². The molecule has 28 heavy (non-hydrogen) atoms. The van der Waals surface area contributed by atoms with Crippen molar-refractivity contribution < 1.29 is 9.59 Å². The molecule has 0 saturated carbocycles. The van der Waals surface area contributed by atoms with Crippen LogP contribution in [0.15, 0.2) is 53.3 Å². The summed E-state index contributed by atoms with van der Waals surface area (Å²) in [5, 5.41) is 6.46. The van der Waals surface area contributed by atoms with Crippen molar-refractivity contribution in [3.63, 3.8) is 0 Å². The van der Waals surface area contributed by atoms with Crippen molar-refractivity contribution in [2.75, 3.05) is 5.32 Å². The van der Waals surface area contributed by atoms with Gasteiger partial charge in [0.05, 0.1) is 10.9 Å². The molecule has 7 rings (SSSR count). The highest BCUT2D eigenvalue weighted by Gasteiger charge is 2.69. The minimum atomic E-state index is -1.14. The number of piperidine rings is 1. The summed E-state index contributed by atoms with van der Waals surface area (Å²) in [7, 11) is 0. The number of para-hydroxylation sites is 2. The second-order valence-corrected chi connectivity index (χ2v) is 7.87. The van der Waals surface area contributed by atoms with Crippen LogP contribution in [-0.2, 0) is 20.5 Å². The van der Waals surface area contributed by atoms with Gasteiger partial charge in [0.15, 0.2) is 0 Å². The van der Waals surface area contributed by atoms with Crippen LogP contribution in [-0.4, -0.2) is 21.4 Å². The number of nitrogens with one attached hydrogen (secondary N) is 2. The van der Waals surface area contributed by atoms with Gasteiger partial charge < -0.3 is 10.6 Å². The van der Waals surface area contributed by atoms with E-state index >= 15 is 0 Å². The highest BCUT2D eigenvalue weighted by Crippen LogP contribution is 2.58. The average Bonchev–Trinajstić information content (AvgIpc) is 2.97. The Morgan fingerprint density at radius 1 is 1.07 bits per heavy atom. The van der Waals surface area contributed by atoms with Crippen molar-refractivity contribution in [2.24, 2.45) is 0 Å². The van der Waals surface area contributed by atoms with Crippen LogP contribution in [0.25, 0.3) is 10.9 Å². The topological polar surface area (TPSA) is 93.1 Å². The van der Waals surface area contributed by atoms with E-state index in [-0.39, 0.29) is 23.8 Å². The van der Waals surface area contributed by atoms with Crippen LogP contribution in [0.1, 0.15) is 30.8 Å². The minimum absolute atomic E-state index is 0.171. The predicted molar refractivity (Wildman–Crippen MR) is 102 cm³/mol. The Kier molecular flexibility index (Phi) is 2.60. The zero-order chi connectivity index (χ0) is 19.3. The van der Waals surface area contributed by atoms with E-state index in [1.54, 1.807) is 25.1 Å². The number of anilines is 1. The summed E-state index contributed by atoms with van der Waals surface area (Å²) in [6, 6.07) is 13.8. The second kappa shape index (κ2) is 4.67. The van der Waals surface area contributed by atoms with Crippen LogP contribution in [0.4, 0.5) is 5.69 Å². The SMILES string of the molecule is C[C@]12NC(=O)[C@H](C[C@]13C(=O)Nc1ccccc13)n1c2nc2ccccc2c1=O. The van der Waals surface area contributed by atoms with Gasteiger partial charge in [-0.15, -0.1) is 0 Å². The Balaban J connectivity index is 1.75. The first-order valence-corrected chi connectivity index (χ1v) is 9.22. The lowest BCUT2D eigenvalue weighted by Gasteiger charge is -2.55. The third kappa shape index (κ3) is 1.50. The smallest absolute Gasteiger partial charge is 0.262 e. The third-order valence-corrected chi connectivity index (χ3v) is 6.62. The molecule has 1 aromatic heterocycles. The van der Waals surface area contributed by atoms with E-state index < -0.39 is 17.0 Å². The minimum Gasteiger partial charge on any atom is -0.340 e. The first-order valence-electron chi connectivity index (χ1n) is 9.22. The molecule has 3 aromatic rings. The summed E-state index contributed by atoms with van der Waals surface area (Å²) < 4.78 is 1.49. The van der Waals surface area contributed by atoms with Crippen LogP contribution in [0.5, 0.6) is 0 Å². The van der Waals surface area contributed by atoms with Crippen LogP contribution in [0, 0.1) is 0 Å². The molecule has 3 atom stereocenters. The van der Waals surface area contributed by atoms with Gasteiger partial charge in [-0.05, 0) is 37.1 Å². The maximum Gasteiger partial charge on any atom is 0.262 e. The van der Waals surface area contributed by atoms with Crippen molar-refractivity contribution in [3.05, 3.63) is 70.3 Å². The van der Waals surface area contributed by atoms with E-state index in [0.29, 0.717) is 16.7 Å². The lowest BCUT2D eigenvalue weighted by molar-refractivity contribution is -0.142. The molecule has 1 spiro atoms. The van der Waals surface area contributed by atoms with Crippen LogP contribution in [0.3, 0.4) is 0 Å². The first kappa shape index (κ1) is 15.6. The van der Waals surface area contributed by atoms with E-state index in [2.05, 4.69) is 10.6 Å². The predicted octanol–water partition coefficient (Wildman–Crippen LogP) is 1.58. The maximum absolute atomic E-state index is 13.3. The van der Waals surface area contributed by atoms with E-state index in [1.165, 1.54) is 4.57 Å². The van der Waals surface area contributed by atoms with Gasteiger partial charge >= 0.3 is 0 Å². The highest BCUT2D eigenvalue weighted by atomic mass is 16.2. The highest BCUT2D eigenvalue weighted by molar-refractivity contribution is 6.09. The summed E-state index contributed by atoms with van der Waals surface area (Å²) in [5.41, 5.74) is -0.258. The summed E-state index contributed by atoms with van der Waals surface area (Å²) in [6.07, 6.45) is 0.227. The Hall–Kier alpha value is -3.48. The molecule has 2 bridgehead atoms. The van der Waals surface area contributed by atoms with Gasteiger partial charge in [0.25, 0.3) is 5.56 Å². The number of rotatable bonds is 0. The molecular weight excluding hydrogens is 356 g/mol. The molecule has 0 unspecified atom stereocenters. The van der Waals surface area contributed by atoms with Gasteiger partial charge in [0.2, 0.25) is 11.8 Å². The molecule has 4 aliphatic rings. The molecule has 0 radical (unpaired) electrons. The number of nitrogens with zero attached hydrogens (tertiary/aromatic N) is 2. The fourth-order valence-corrected chi connectivity index (χ4v) is 5.28. The van der Waals surface area contributed by atoms with Crippen molar-refractivity contribution in [2.45, 2.75) is 30.3 Å². The third-order valence-electron chi connectivity index (χ3n) is 6.62. The number of carbonyl (C=O) groups is 2. The maximum atomic E-state index is 13.3. The molecule has 7 heteroatoms. The van der Waals surface area contributed by atoms with E-state index in [4.69, 9.17) is 4.98 Å². The zero-order valence-electron chi connectivity index (χ0n) is 15.0. The fraction of sp³-hybridized carbons (Fsp3) is 0.238. The number of hydrogen-bond acceptors (Lipinski definition) is 4. The van der Waals surface area contributed by atoms with Crippen LogP contribution >= 0.6 is 0 Å². The van der Waals surface area contributed by atoms with Crippen molar-refractivity contribution in [3.8, 4) is 0 Å². The fourth-order valence-electron chi connectivity index (χ4n) is 5.28. The number of carbonyl (C=O) groups excluding carboxylic acids is 2. The second-order valence-electron chi connectivity index (χ2n) is 7.87. The summed E-state index contributed by atoms with van der Waals surface area (Å²) >= 11 is 0. The monoisotopic (exact) mass is 372 g/mol. The molecule has 2 N–H and O–H groups in total. The van der Waals surface area contributed by atoms with Gasteiger partial charge in [-0.3, -0.25) is 19.0 Å². The molecule has 7 nitrogen and oxygen atoms in total. The average molecular weight is 372 g/mol. The molecule has 2 aromatic carbocycles. The molecule has 2 amide bonds. The molecule has 0 aliphatic carbocycles. The lowest BCUT2D eigenvalue weighted by Crippen LogP contribution is -2.72. The Labute approximate surface area is 159 Å². The first-order chi connectivity index (χ1) is 13.5. The molecule has 138 valence electrons. The number of aromatic nitrogens is 2. The van der Waals surface area contributed by atoms with Gasteiger partial charge in [-0.1, -0.05) is 30.3 Å². The van der Waals surface area contributed by atoms with E-state index in [1.807, 2.05) is 30.3 Å². The molecule has 1 fully saturated rings. The van der Waals surface area contributed by atoms with Crippen molar-refractivity contribution in [1.29, 1.82) is 0 Å². The van der Waals surface area contributed by atoms with Crippen molar-refractivity contribution >= 4 is 28.4 Å². The number of fused-ring (bicyclic) bond motifs is 3. The van der Waals surface area contributed by atoms with Crippen LogP contribution < -0.4 is 16.2 Å². The Bertz CT molecular complexity index is 1300.